The van der Waals surface area contributed by atoms with Crippen molar-refractivity contribution in [1.29, 1.82) is 0 Å². The van der Waals surface area contributed by atoms with Gasteiger partial charge in [0.2, 0.25) is 5.91 Å². The highest BCUT2D eigenvalue weighted by molar-refractivity contribution is 5.88. The minimum Gasteiger partial charge on any atom is -0.352 e. The Kier molecular flexibility index (Phi) is 4.20. The number of nitrogens with zero attached hydrogens (tertiary/aromatic N) is 2. The number of fused-ring (bicyclic) bond motifs is 1. The lowest BCUT2D eigenvalue weighted by Crippen LogP contribution is -2.46. The van der Waals surface area contributed by atoms with E-state index in [1.807, 2.05) is 18.2 Å². The van der Waals surface area contributed by atoms with Gasteiger partial charge in [-0.25, -0.2) is 4.68 Å². The largest absolute Gasteiger partial charge is 0.352 e. The van der Waals surface area contributed by atoms with Crippen LogP contribution in [-0.4, -0.2) is 34.8 Å². The van der Waals surface area contributed by atoms with Crippen molar-refractivity contribution in [2.75, 3.05) is 13.1 Å². The number of aromatic nitrogens is 2. The molecule has 1 amide bonds. The van der Waals surface area contributed by atoms with Crippen molar-refractivity contribution in [3.05, 3.63) is 40.3 Å². The molecule has 1 aromatic carbocycles. The molecule has 0 saturated carbocycles. The Hall–Kier alpha value is -2.21. The summed E-state index contributed by atoms with van der Waals surface area (Å²) in [6.45, 7) is 1.83. The number of rotatable bonds is 3. The summed E-state index contributed by atoms with van der Waals surface area (Å²) >= 11 is 0. The molecule has 0 bridgehead atoms. The van der Waals surface area contributed by atoms with Crippen molar-refractivity contribution < 1.29 is 4.79 Å². The average molecular weight is 300 g/mol. The molecule has 2 heterocycles. The molecule has 1 aromatic heterocycles. The minimum absolute atomic E-state index is 0.0509. The number of hydrogen-bond donors (Lipinski definition) is 2. The van der Waals surface area contributed by atoms with Gasteiger partial charge >= 0.3 is 0 Å². The lowest BCUT2D eigenvalue weighted by Gasteiger charge is -2.23. The molecule has 1 aliphatic rings. The maximum atomic E-state index is 12.3. The number of carbonyl (C=O) groups is 1. The predicted octanol–water partition coefficient (Wildman–Crippen LogP) is 0.344. The van der Waals surface area contributed by atoms with E-state index in [-0.39, 0.29) is 23.9 Å². The maximum absolute atomic E-state index is 12.3. The van der Waals surface area contributed by atoms with Gasteiger partial charge in [-0.05, 0) is 25.5 Å². The minimum atomic E-state index is -0.142. The van der Waals surface area contributed by atoms with Crippen LogP contribution < -0.4 is 16.2 Å². The maximum Gasteiger partial charge on any atom is 0.274 e. The molecule has 6 nitrogen and oxygen atoms in total. The molecule has 116 valence electrons. The number of nitrogens with one attached hydrogen (secondary N) is 2. The zero-order valence-electron chi connectivity index (χ0n) is 12.6. The van der Waals surface area contributed by atoms with Gasteiger partial charge in [0.15, 0.2) is 0 Å². The molecule has 6 heteroatoms. The van der Waals surface area contributed by atoms with Crippen molar-refractivity contribution >= 4 is 16.7 Å². The zero-order chi connectivity index (χ0) is 15.5. The molecule has 3 rings (SSSR count). The molecule has 1 fully saturated rings. The van der Waals surface area contributed by atoms with Crippen molar-refractivity contribution in [3.63, 3.8) is 0 Å². The van der Waals surface area contributed by atoms with Crippen molar-refractivity contribution in [2.24, 2.45) is 7.05 Å². The van der Waals surface area contributed by atoms with Crippen LogP contribution >= 0.6 is 0 Å². The molecule has 2 N–H and O–H groups in total. The fraction of sp³-hybridized carbons (Fsp3) is 0.438. The van der Waals surface area contributed by atoms with Gasteiger partial charge in [0.1, 0.15) is 0 Å². The first-order chi connectivity index (χ1) is 10.6. The van der Waals surface area contributed by atoms with Crippen molar-refractivity contribution in [3.8, 4) is 0 Å². The van der Waals surface area contributed by atoms with Gasteiger partial charge < -0.3 is 10.6 Å². The van der Waals surface area contributed by atoms with Gasteiger partial charge in [0.05, 0.1) is 17.5 Å². The molecule has 1 atom stereocenters. The summed E-state index contributed by atoms with van der Waals surface area (Å²) in [5.74, 6) is -0.0509. The second kappa shape index (κ2) is 6.27. The number of benzene rings is 1. The van der Waals surface area contributed by atoms with Gasteiger partial charge in [-0.3, -0.25) is 9.59 Å². The Morgan fingerprint density at radius 2 is 2.18 bits per heavy atom. The second-order valence-corrected chi connectivity index (χ2v) is 5.71. The highest BCUT2D eigenvalue weighted by Gasteiger charge is 2.17. The topological polar surface area (TPSA) is 76.0 Å². The Bertz CT molecular complexity index is 747. The van der Waals surface area contributed by atoms with Gasteiger partial charge in [-0.15, -0.1) is 0 Å². The third-order valence-electron chi connectivity index (χ3n) is 4.02. The van der Waals surface area contributed by atoms with Gasteiger partial charge in [-0.1, -0.05) is 18.2 Å². The average Bonchev–Trinajstić information content (AvgIpc) is 2.53. The normalized spacial score (nSPS) is 18.3. The quantitative estimate of drug-likeness (QED) is 0.857. The van der Waals surface area contributed by atoms with Gasteiger partial charge in [0, 0.05) is 25.0 Å². The van der Waals surface area contributed by atoms with Crippen LogP contribution in [0.1, 0.15) is 18.5 Å². The molecular weight excluding hydrogens is 280 g/mol. The second-order valence-electron chi connectivity index (χ2n) is 5.71. The van der Waals surface area contributed by atoms with Crippen LogP contribution in [0.2, 0.25) is 0 Å². The highest BCUT2D eigenvalue weighted by Crippen LogP contribution is 2.13. The summed E-state index contributed by atoms with van der Waals surface area (Å²) in [5.41, 5.74) is 0.496. The monoisotopic (exact) mass is 300 g/mol. The summed E-state index contributed by atoms with van der Waals surface area (Å²) in [6, 6.07) is 7.47. The lowest BCUT2D eigenvalue weighted by atomic mass is 10.1. The lowest BCUT2D eigenvalue weighted by molar-refractivity contribution is -0.121. The van der Waals surface area contributed by atoms with E-state index in [0.29, 0.717) is 11.1 Å². The number of amides is 1. The third-order valence-corrected chi connectivity index (χ3v) is 4.02. The summed E-state index contributed by atoms with van der Waals surface area (Å²) in [4.78, 5) is 24.3. The summed E-state index contributed by atoms with van der Waals surface area (Å²) in [7, 11) is 1.61. The van der Waals surface area contributed by atoms with Crippen LogP contribution in [0.5, 0.6) is 0 Å². The highest BCUT2D eigenvalue weighted by atomic mass is 16.2. The Labute approximate surface area is 128 Å². The molecule has 22 heavy (non-hydrogen) atoms. The number of hydrogen-bond acceptors (Lipinski definition) is 4. The number of carbonyl (C=O) groups excluding carboxylic acids is 1. The first kappa shape index (κ1) is 14.7. The van der Waals surface area contributed by atoms with E-state index < -0.39 is 0 Å². The van der Waals surface area contributed by atoms with Crippen molar-refractivity contribution in [2.45, 2.75) is 25.3 Å². The van der Waals surface area contributed by atoms with E-state index >= 15 is 0 Å². The number of aryl methyl sites for hydroxylation is 1. The third kappa shape index (κ3) is 3.01. The van der Waals surface area contributed by atoms with E-state index in [9.17, 15) is 9.59 Å². The van der Waals surface area contributed by atoms with Crippen LogP contribution in [0.25, 0.3) is 10.8 Å². The molecule has 1 aliphatic heterocycles. The zero-order valence-corrected chi connectivity index (χ0v) is 12.6. The van der Waals surface area contributed by atoms with Gasteiger partial charge in [-0.2, -0.15) is 5.10 Å². The van der Waals surface area contributed by atoms with Crippen LogP contribution in [0, 0.1) is 0 Å². The fourth-order valence-electron chi connectivity index (χ4n) is 2.91. The van der Waals surface area contributed by atoms with Crippen LogP contribution in [-0.2, 0) is 18.3 Å². The fourth-order valence-corrected chi connectivity index (χ4v) is 2.91. The molecule has 0 spiro atoms. The van der Waals surface area contributed by atoms with E-state index in [0.717, 1.165) is 31.3 Å². The molecule has 2 aromatic rings. The Morgan fingerprint density at radius 1 is 1.41 bits per heavy atom. The molecule has 0 aliphatic carbocycles. The number of piperidine rings is 1. The van der Waals surface area contributed by atoms with E-state index in [2.05, 4.69) is 15.7 Å². The predicted molar refractivity (Wildman–Crippen MR) is 84.7 cm³/mol. The smallest absolute Gasteiger partial charge is 0.274 e. The molecule has 1 saturated heterocycles. The molecular formula is C16H20N4O2. The summed E-state index contributed by atoms with van der Waals surface area (Å²) < 4.78 is 1.30. The first-order valence-corrected chi connectivity index (χ1v) is 7.60. The van der Waals surface area contributed by atoms with Gasteiger partial charge in [0.25, 0.3) is 5.56 Å². The van der Waals surface area contributed by atoms with Crippen LogP contribution in [0.15, 0.2) is 29.1 Å². The van der Waals surface area contributed by atoms with Crippen LogP contribution in [0.3, 0.4) is 0 Å². The van der Waals surface area contributed by atoms with Crippen LogP contribution in [0.4, 0.5) is 0 Å². The Morgan fingerprint density at radius 3 is 2.91 bits per heavy atom. The molecule has 0 radical (unpaired) electrons. The summed E-state index contributed by atoms with van der Waals surface area (Å²) in [6.07, 6.45) is 2.26. The SMILES string of the molecule is Cn1nc(CC(=O)NC2CCCNC2)c2ccccc2c1=O. The van der Waals surface area contributed by atoms with E-state index in [4.69, 9.17) is 0 Å². The summed E-state index contributed by atoms with van der Waals surface area (Å²) in [5, 5.41) is 11.9. The first-order valence-electron chi connectivity index (χ1n) is 7.60. The standard InChI is InChI=1S/C16H20N4O2/c1-20-16(22)13-7-3-2-6-12(13)14(19-20)9-15(21)18-11-5-4-8-17-10-11/h2-3,6-7,11,17H,4-5,8-10H2,1H3,(H,18,21). The molecule has 1 unspecified atom stereocenters. The van der Waals surface area contributed by atoms with E-state index in [1.54, 1.807) is 13.1 Å². The van der Waals surface area contributed by atoms with E-state index in [1.165, 1.54) is 4.68 Å². The van der Waals surface area contributed by atoms with Crippen molar-refractivity contribution in [1.82, 2.24) is 20.4 Å². The Balaban J connectivity index is 1.82.